The zero-order valence-corrected chi connectivity index (χ0v) is 11.2. The van der Waals surface area contributed by atoms with Crippen molar-refractivity contribution in [3.63, 3.8) is 0 Å². The van der Waals surface area contributed by atoms with Gasteiger partial charge in [0, 0.05) is 6.04 Å². The summed E-state index contributed by atoms with van der Waals surface area (Å²) in [6.07, 6.45) is 11.7. The van der Waals surface area contributed by atoms with Crippen LogP contribution in [-0.2, 0) is 0 Å². The van der Waals surface area contributed by atoms with Crippen molar-refractivity contribution < 1.29 is 0 Å². The Bertz CT molecular complexity index is 198. The van der Waals surface area contributed by atoms with Gasteiger partial charge in [-0.3, -0.25) is 0 Å². The Morgan fingerprint density at radius 3 is 2.62 bits per heavy atom. The van der Waals surface area contributed by atoms with Crippen molar-refractivity contribution in [1.29, 1.82) is 0 Å². The molecular formula is C15H29N. The summed E-state index contributed by atoms with van der Waals surface area (Å²) in [5, 5.41) is 3.72. The van der Waals surface area contributed by atoms with Gasteiger partial charge in [-0.25, -0.2) is 0 Å². The highest BCUT2D eigenvalue weighted by atomic mass is 14.9. The van der Waals surface area contributed by atoms with Crippen LogP contribution in [0.4, 0.5) is 0 Å². The van der Waals surface area contributed by atoms with E-state index >= 15 is 0 Å². The molecule has 1 nitrogen and oxygen atoms in total. The molecular weight excluding hydrogens is 194 g/mol. The minimum absolute atomic E-state index is 0.758. The highest BCUT2D eigenvalue weighted by molar-refractivity contribution is 4.78. The third kappa shape index (κ3) is 4.45. The standard InChI is InChI=1S/C15H29N/c1-12-4-3-5-14(10-12)8-9-16-13(2)11-15-6-7-15/h12-16H,3-11H2,1-2H3. The van der Waals surface area contributed by atoms with E-state index in [1.165, 1.54) is 57.9 Å². The maximum Gasteiger partial charge on any atom is 0.00413 e. The fourth-order valence-corrected chi connectivity index (χ4v) is 3.29. The van der Waals surface area contributed by atoms with Crippen LogP contribution in [0.5, 0.6) is 0 Å². The minimum atomic E-state index is 0.758. The number of hydrogen-bond donors (Lipinski definition) is 1. The summed E-state index contributed by atoms with van der Waals surface area (Å²) >= 11 is 0. The van der Waals surface area contributed by atoms with E-state index < -0.39 is 0 Å². The average Bonchev–Trinajstić information content (AvgIpc) is 3.02. The Morgan fingerprint density at radius 1 is 1.12 bits per heavy atom. The molecule has 16 heavy (non-hydrogen) atoms. The van der Waals surface area contributed by atoms with Gasteiger partial charge in [0.25, 0.3) is 0 Å². The van der Waals surface area contributed by atoms with E-state index in [4.69, 9.17) is 0 Å². The fraction of sp³-hybridized carbons (Fsp3) is 1.00. The summed E-state index contributed by atoms with van der Waals surface area (Å²) in [7, 11) is 0. The quantitative estimate of drug-likeness (QED) is 0.718. The number of hydrogen-bond acceptors (Lipinski definition) is 1. The molecule has 2 saturated carbocycles. The van der Waals surface area contributed by atoms with Crippen molar-refractivity contribution in [3.8, 4) is 0 Å². The molecule has 2 aliphatic rings. The Hall–Kier alpha value is -0.0400. The summed E-state index contributed by atoms with van der Waals surface area (Å²) in [6.45, 7) is 6.04. The van der Waals surface area contributed by atoms with Gasteiger partial charge in [0.1, 0.15) is 0 Å². The molecule has 0 aliphatic heterocycles. The number of nitrogens with one attached hydrogen (secondary N) is 1. The maximum absolute atomic E-state index is 3.72. The zero-order valence-electron chi connectivity index (χ0n) is 11.2. The van der Waals surface area contributed by atoms with Crippen molar-refractivity contribution in [2.75, 3.05) is 6.54 Å². The molecule has 0 saturated heterocycles. The second kappa shape index (κ2) is 6.05. The molecule has 0 bridgehead atoms. The second-order valence-electron chi connectivity index (χ2n) is 6.46. The lowest BCUT2D eigenvalue weighted by Gasteiger charge is -2.27. The minimum Gasteiger partial charge on any atom is -0.314 e. The van der Waals surface area contributed by atoms with Gasteiger partial charge in [0.15, 0.2) is 0 Å². The molecule has 0 amide bonds. The Morgan fingerprint density at radius 2 is 1.94 bits per heavy atom. The van der Waals surface area contributed by atoms with Crippen LogP contribution >= 0.6 is 0 Å². The van der Waals surface area contributed by atoms with Crippen LogP contribution in [0.2, 0.25) is 0 Å². The first-order valence-corrected chi connectivity index (χ1v) is 7.47. The highest BCUT2D eigenvalue weighted by Gasteiger charge is 2.23. The SMILES string of the molecule is CC1CCCC(CCNC(C)CC2CC2)C1. The van der Waals surface area contributed by atoms with E-state index in [-0.39, 0.29) is 0 Å². The van der Waals surface area contributed by atoms with Gasteiger partial charge in [-0.2, -0.15) is 0 Å². The van der Waals surface area contributed by atoms with Crippen LogP contribution in [0.25, 0.3) is 0 Å². The monoisotopic (exact) mass is 223 g/mol. The molecule has 0 aromatic rings. The van der Waals surface area contributed by atoms with Crippen molar-refractivity contribution in [2.45, 2.75) is 71.3 Å². The predicted octanol–water partition coefficient (Wildman–Crippen LogP) is 3.98. The van der Waals surface area contributed by atoms with Crippen LogP contribution < -0.4 is 5.32 Å². The molecule has 2 fully saturated rings. The molecule has 1 heteroatoms. The third-order valence-corrected chi connectivity index (χ3v) is 4.47. The van der Waals surface area contributed by atoms with E-state index in [0.29, 0.717) is 0 Å². The fourth-order valence-electron chi connectivity index (χ4n) is 3.29. The van der Waals surface area contributed by atoms with Crippen LogP contribution in [-0.4, -0.2) is 12.6 Å². The van der Waals surface area contributed by atoms with Gasteiger partial charge in [-0.15, -0.1) is 0 Å². The third-order valence-electron chi connectivity index (χ3n) is 4.47. The van der Waals surface area contributed by atoms with E-state index in [1.54, 1.807) is 0 Å². The van der Waals surface area contributed by atoms with E-state index in [2.05, 4.69) is 19.2 Å². The molecule has 94 valence electrons. The first-order chi connectivity index (χ1) is 7.74. The van der Waals surface area contributed by atoms with E-state index in [1.807, 2.05) is 0 Å². The van der Waals surface area contributed by atoms with Crippen molar-refractivity contribution in [2.24, 2.45) is 17.8 Å². The average molecular weight is 223 g/mol. The highest BCUT2D eigenvalue weighted by Crippen LogP contribution is 2.33. The summed E-state index contributed by atoms with van der Waals surface area (Å²) < 4.78 is 0. The van der Waals surface area contributed by atoms with E-state index in [9.17, 15) is 0 Å². The van der Waals surface area contributed by atoms with Gasteiger partial charge in [0.2, 0.25) is 0 Å². The topological polar surface area (TPSA) is 12.0 Å². The van der Waals surface area contributed by atoms with E-state index in [0.717, 1.165) is 23.8 Å². The van der Waals surface area contributed by atoms with Crippen LogP contribution in [0.1, 0.15) is 65.2 Å². The van der Waals surface area contributed by atoms with Gasteiger partial charge in [-0.1, -0.05) is 39.0 Å². The Labute approximate surface area is 101 Å². The zero-order chi connectivity index (χ0) is 11.4. The molecule has 0 aromatic heterocycles. The molecule has 3 unspecified atom stereocenters. The van der Waals surface area contributed by atoms with Crippen molar-refractivity contribution >= 4 is 0 Å². The molecule has 3 atom stereocenters. The molecule has 0 aromatic carbocycles. The summed E-state index contributed by atoms with van der Waals surface area (Å²) in [6, 6.07) is 0.758. The largest absolute Gasteiger partial charge is 0.314 e. The van der Waals surface area contributed by atoms with Gasteiger partial charge < -0.3 is 5.32 Å². The lowest BCUT2D eigenvalue weighted by molar-refractivity contribution is 0.264. The molecule has 0 radical (unpaired) electrons. The van der Waals surface area contributed by atoms with Crippen LogP contribution in [0, 0.1) is 17.8 Å². The molecule has 0 spiro atoms. The first-order valence-electron chi connectivity index (χ1n) is 7.47. The van der Waals surface area contributed by atoms with Crippen molar-refractivity contribution in [1.82, 2.24) is 5.32 Å². The number of rotatable bonds is 6. The van der Waals surface area contributed by atoms with Gasteiger partial charge in [-0.05, 0) is 50.5 Å². The Kier molecular flexibility index (Phi) is 4.69. The molecule has 2 rings (SSSR count). The summed E-state index contributed by atoms with van der Waals surface area (Å²) in [5.74, 6) is 3.07. The van der Waals surface area contributed by atoms with Crippen LogP contribution in [0.15, 0.2) is 0 Å². The predicted molar refractivity (Wildman–Crippen MR) is 70.5 cm³/mol. The lowest BCUT2D eigenvalue weighted by atomic mass is 9.81. The molecule has 0 heterocycles. The summed E-state index contributed by atoms with van der Waals surface area (Å²) in [4.78, 5) is 0. The molecule has 1 N–H and O–H groups in total. The summed E-state index contributed by atoms with van der Waals surface area (Å²) in [5.41, 5.74) is 0. The normalized spacial score (nSPS) is 32.6. The first kappa shape index (κ1) is 12.4. The lowest BCUT2D eigenvalue weighted by Crippen LogP contribution is -2.29. The van der Waals surface area contributed by atoms with Gasteiger partial charge in [0.05, 0.1) is 0 Å². The molecule has 2 aliphatic carbocycles. The smallest absolute Gasteiger partial charge is 0.00413 e. The van der Waals surface area contributed by atoms with Crippen molar-refractivity contribution in [3.05, 3.63) is 0 Å². The second-order valence-corrected chi connectivity index (χ2v) is 6.46. The Balaban J connectivity index is 1.52. The van der Waals surface area contributed by atoms with Crippen LogP contribution in [0.3, 0.4) is 0 Å². The maximum atomic E-state index is 3.72. The van der Waals surface area contributed by atoms with Gasteiger partial charge >= 0.3 is 0 Å².